The number of piperidine rings is 1. The van der Waals surface area contributed by atoms with Crippen LogP contribution in [-0.2, 0) is 9.53 Å². The summed E-state index contributed by atoms with van der Waals surface area (Å²) in [6, 6.07) is 0. The summed E-state index contributed by atoms with van der Waals surface area (Å²) >= 11 is 1.39. The van der Waals surface area contributed by atoms with Crippen molar-refractivity contribution in [1.82, 2.24) is 19.5 Å². The van der Waals surface area contributed by atoms with Crippen LogP contribution in [0.4, 0.5) is 0 Å². The van der Waals surface area contributed by atoms with Crippen molar-refractivity contribution >= 4 is 28.2 Å². The maximum atomic E-state index is 12.9. The number of likely N-dealkylation sites (tertiary alicyclic amines) is 1. The lowest BCUT2D eigenvalue weighted by molar-refractivity contribution is -0.149. The van der Waals surface area contributed by atoms with Gasteiger partial charge in [0.1, 0.15) is 10.7 Å². The third kappa shape index (κ3) is 3.27. The van der Waals surface area contributed by atoms with E-state index in [4.69, 9.17) is 4.74 Å². The van der Waals surface area contributed by atoms with Gasteiger partial charge >= 0.3 is 5.97 Å². The molecular weight excluding hydrogens is 340 g/mol. The van der Waals surface area contributed by atoms with Crippen molar-refractivity contribution in [3.63, 3.8) is 0 Å². The monoisotopic (exact) mass is 364 g/mol. The minimum Gasteiger partial charge on any atom is -0.466 e. The van der Waals surface area contributed by atoms with Crippen LogP contribution < -0.4 is 0 Å². The third-order valence-corrected chi connectivity index (χ3v) is 5.75. The van der Waals surface area contributed by atoms with Gasteiger partial charge in [0.2, 0.25) is 4.96 Å². The van der Waals surface area contributed by atoms with Gasteiger partial charge in [-0.2, -0.15) is 0 Å². The highest BCUT2D eigenvalue weighted by Crippen LogP contribution is 2.28. The predicted octanol–water partition coefficient (Wildman–Crippen LogP) is 2.64. The Morgan fingerprint density at radius 2 is 1.96 bits per heavy atom. The number of carbonyl (C=O) groups is 2. The van der Waals surface area contributed by atoms with E-state index in [0.717, 1.165) is 16.5 Å². The number of hydrogen-bond acceptors (Lipinski definition) is 6. The molecule has 2 aromatic rings. The van der Waals surface area contributed by atoms with Gasteiger partial charge < -0.3 is 9.64 Å². The lowest BCUT2D eigenvalue weighted by Gasteiger charge is -2.30. The zero-order valence-electron chi connectivity index (χ0n) is 15.1. The van der Waals surface area contributed by atoms with E-state index in [9.17, 15) is 9.59 Å². The van der Waals surface area contributed by atoms with Crippen LogP contribution in [0.15, 0.2) is 0 Å². The Hall–Kier alpha value is -1.96. The van der Waals surface area contributed by atoms with Crippen molar-refractivity contribution in [1.29, 1.82) is 0 Å². The molecule has 3 rings (SSSR count). The lowest BCUT2D eigenvalue weighted by Crippen LogP contribution is -2.40. The molecule has 2 aromatic heterocycles. The molecule has 0 aliphatic carbocycles. The van der Waals surface area contributed by atoms with Gasteiger partial charge in [-0.15, -0.1) is 10.2 Å². The lowest BCUT2D eigenvalue weighted by atomic mass is 9.97. The molecule has 25 heavy (non-hydrogen) atoms. The fourth-order valence-corrected chi connectivity index (χ4v) is 4.26. The zero-order valence-corrected chi connectivity index (χ0v) is 15.9. The van der Waals surface area contributed by atoms with E-state index in [1.165, 1.54) is 11.3 Å². The number of nitrogens with zero attached hydrogens (tertiary/aromatic N) is 4. The average Bonchev–Trinajstić information content (AvgIpc) is 3.15. The Bertz CT molecular complexity index is 787. The fourth-order valence-electron chi connectivity index (χ4n) is 3.22. The minimum absolute atomic E-state index is 0.0185. The molecule has 1 fully saturated rings. The third-order valence-electron chi connectivity index (χ3n) is 4.63. The van der Waals surface area contributed by atoms with E-state index in [1.807, 2.05) is 23.1 Å². The highest BCUT2D eigenvalue weighted by molar-refractivity contribution is 7.19. The number of esters is 1. The first-order valence-electron chi connectivity index (χ1n) is 8.74. The molecule has 0 unspecified atom stereocenters. The molecule has 3 heterocycles. The summed E-state index contributed by atoms with van der Waals surface area (Å²) in [5.74, 6) is 0.899. The molecule has 1 aliphatic rings. The normalized spacial score (nSPS) is 16.0. The second-order valence-corrected chi connectivity index (χ2v) is 7.64. The average molecular weight is 364 g/mol. The van der Waals surface area contributed by atoms with Gasteiger partial charge in [0.05, 0.1) is 12.5 Å². The number of aromatic nitrogens is 3. The predicted molar refractivity (Wildman–Crippen MR) is 95.0 cm³/mol. The molecule has 1 saturated heterocycles. The summed E-state index contributed by atoms with van der Waals surface area (Å²) < 4.78 is 7.07. The van der Waals surface area contributed by atoms with Crippen LogP contribution in [0.2, 0.25) is 0 Å². The summed E-state index contributed by atoms with van der Waals surface area (Å²) in [7, 11) is 0. The smallest absolute Gasteiger partial charge is 0.309 e. The van der Waals surface area contributed by atoms with Crippen molar-refractivity contribution in [2.75, 3.05) is 19.7 Å². The maximum absolute atomic E-state index is 12.9. The Kier molecular flexibility index (Phi) is 5.08. The van der Waals surface area contributed by atoms with E-state index in [2.05, 4.69) is 24.0 Å². The Morgan fingerprint density at radius 3 is 2.56 bits per heavy atom. The zero-order chi connectivity index (χ0) is 18.1. The van der Waals surface area contributed by atoms with Crippen molar-refractivity contribution in [3.8, 4) is 0 Å². The number of amides is 1. The Morgan fingerprint density at radius 1 is 1.28 bits per heavy atom. The number of carbonyl (C=O) groups excluding carboxylic acids is 2. The summed E-state index contributed by atoms with van der Waals surface area (Å²) in [6.07, 6.45) is 1.32. The summed E-state index contributed by atoms with van der Waals surface area (Å²) in [5, 5.41) is 8.43. The molecule has 0 saturated carbocycles. The highest BCUT2D eigenvalue weighted by Gasteiger charge is 2.31. The van der Waals surface area contributed by atoms with Crippen LogP contribution in [0, 0.1) is 12.8 Å². The number of aryl methyl sites for hydroxylation is 1. The highest BCUT2D eigenvalue weighted by atomic mass is 32.1. The summed E-state index contributed by atoms with van der Waals surface area (Å²) in [5.41, 5.74) is 0.895. The molecule has 0 atom stereocenters. The van der Waals surface area contributed by atoms with Gasteiger partial charge in [-0.3, -0.25) is 14.0 Å². The second-order valence-electron chi connectivity index (χ2n) is 6.67. The van der Waals surface area contributed by atoms with E-state index < -0.39 is 0 Å². The van der Waals surface area contributed by atoms with E-state index in [0.29, 0.717) is 37.4 Å². The second kappa shape index (κ2) is 7.11. The van der Waals surface area contributed by atoms with E-state index in [-0.39, 0.29) is 23.7 Å². The topological polar surface area (TPSA) is 76.8 Å². The van der Waals surface area contributed by atoms with Gasteiger partial charge in [-0.25, -0.2) is 0 Å². The number of hydrogen-bond donors (Lipinski definition) is 0. The first-order chi connectivity index (χ1) is 11.9. The molecule has 8 heteroatoms. The van der Waals surface area contributed by atoms with Gasteiger partial charge in [0, 0.05) is 24.7 Å². The standard InChI is InChI=1S/C17H24N4O3S/c1-5-24-16(23)12-6-8-20(9-7-12)15(22)13-11(4)21-14(10(2)3)18-19-17(21)25-13/h10,12H,5-9H2,1-4H3. The summed E-state index contributed by atoms with van der Waals surface area (Å²) in [6.45, 7) is 9.45. The number of rotatable bonds is 4. The quantitative estimate of drug-likeness (QED) is 0.780. The summed E-state index contributed by atoms with van der Waals surface area (Å²) in [4.78, 5) is 28.1. The van der Waals surface area contributed by atoms with Crippen LogP contribution in [0.5, 0.6) is 0 Å². The molecule has 0 bridgehead atoms. The number of ether oxygens (including phenoxy) is 1. The van der Waals surface area contributed by atoms with E-state index in [1.54, 1.807) is 0 Å². The first-order valence-corrected chi connectivity index (χ1v) is 9.56. The molecular formula is C17H24N4O3S. The Balaban J connectivity index is 1.75. The minimum atomic E-state index is -0.145. The molecule has 0 aromatic carbocycles. The van der Waals surface area contributed by atoms with Crippen LogP contribution in [0.3, 0.4) is 0 Å². The fraction of sp³-hybridized carbons (Fsp3) is 0.647. The molecule has 0 radical (unpaired) electrons. The molecule has 1 amide bonds. The van der Waals surface area contributed by atoms with Gasteiger partial charge in [0.15, 0.2) is 0 Å². The molecule has 1 aliphatic heterocycles. The SMILES string of the molecule is CCOC(=O)C1CCN(C(=O)c2sc3nnc(C(C)C)n3c2C)CC1. The largest absolute Gasteiger partial charge is 0.466 e. The van der Waals surface area contributed by atoms with Crippen molar-refractivity contribution in [2.24, 2.45) is 5.92 Å². The molecule has 0 spiro atoms. The van der Waals surface area contributed by atoms with Crippen LogP contribution in [0.1, 0.15) is 60.7 Å². The van der Waals surface area contributed by atoms with Crippen molar-refractivity contribution in [2.45, 2.75) is 46.5 Å². The van der Waals surface area contributed by atoms with Crippen molar-refractivity contribution < 1.29 is 14.3 Å². The number of fused-ring (bicyclic) bond motifs is 1. The molecule has 0 N–H and O–H groups in total. The Labute approximate surface area is 151 Å². The number of thiazole rings is 1. The maximum Gasteiger partial charge on any atom is 0.309 e. The molecule has 136 valence electrons. The van der Waals surface area contributed by atoms with Crippen LogP contribution in [0.25, 0.3) is 4.96 Å². The molecule has 7 nitrogen and oxygen atoms in total. The van der Waals surface area contributed by atoms with Crippen LogP contribution >= 0.6 is 11.3 Å². The van der Waals surface area contributed by atoms with Gasteiger partial charge in [0.25, 0.3) is 5.91 Å². The van der Waals surface area contributed by atoms with E-state index >= 15 is 0 Å². The van der Waals surface area contributed by atoms with Gasteiger partial charge in [-0.1, -0.05) is 25.2 Å². The van der Waals surface area contributed by atoms with Crippen molar-refractivity contribution in [3.05, 3.63) is 16.4 Å². The van der Waals surface area contributed by atoms with Gasteiger partial charge in [-0.05, 0) is 26.7 Å². The van der Waals surface area contributed by atoms with Crippen LogP contribution in [-0.4, -0.2) is 51.1 Å². The first kappa shape index (κ1) is 17.8.